The smallest absolute Gasteiger partial charge is 0.332 e. The fourth-order valence-corrected chi connectivity index (χ4v) is 4.07. The van der Waals surface area contributed by atoms with Crippen LogP contribution in [0.3, 0.4) is 0 Å². The Kier molecular flexibility index (Phi) is 4.92. The highest BCUT2D eigenvalue weighted by Gasteiger charge is 2.38. The third-order valence-corrected chi connectivity index (χ3v) is 5.81. The van der Waals surface area contributed by atoms with E-state index in [1.54, 1.807) is 23.1 Å². The van der Waals surface area contributed by atoms with Crippen molar-refractivity contribution < 1.29 is 14.0 Å². The number of anilines is 2. The van der Waals surface area contributed by atoms with Crippen LogP contribution in [0.15, 0.2) is 33.9 Å². The molecular formula is C20H22FN5O4. The maximum atomic E-state index is 14.0. The van der Waals surface area contributed by atoms with E-state index in [-0.39, 0.29) is 29.5 Å². The quantitative estimate of drug-likeness (QED) is 0.761. The van der Waals surface area contributed by atoms with Crippen molar-refractivity contribution in [3.05, 3.63) is 56.5 Å². The molecule has 2 aliphatic rings. The van der Waals surface area contributed by atoms with E-state index in [4.69, 9.17) is 0 Å². The number of nitrogens with zero attached hydrogens (tertiary/aromatic N) is 4. The first-order chi connectivity index (χ1) is 14.3. The zero-order valence-electron chi connectivity index (χ0n) is 16.7. The second-order valence-corrected chi connectivity index (χ2v) is 7.53. The van der Waals surface area contributed by atoms with Gasteiger partial charge in [-0.2, -0.15) is 0 Å². The number of hydrogen-bond acceptors (Lipinski definition) is 5. The number of halogens is 1. The summed E-state index contributed by atoms with van der Waals surface area (Å²) in [5.41, 5.74) is -0.482. The Morgan fingerprint density at radius 1 is 1.07 bits per heavy atom. The summed E-state index contributed by atoms with van der Waals surface area (Å²) in [5.74, 6) is -1.83. The van der Waals surface area contributed by atoms with Gasteiger partial charge in [0, 0.05) is 46.7 Å². The maximum absolute atomic E-state index is 14.0. The van der Waals surface area contributed by atoms with Crippen molar-refractivity contribution in [3.8, 4) is 0 Å². The third kappa shape index (κ3) is 3.17. The minimum atomic E-state index is -0.942. The Morgan fingerprint density at radius 3 is 2.40 bits per heavy atom. The fraction of sp³-hybridized carbons (Fsp3) is 0.400. The van der Waals surface area contributed by atoms with Gasteiger partial charge in [-0.15, -0.1) is 0 Å². The monoisotopic (exact) mass is 415 g/mol. The molecule has 2 aliphatic heterocycles. The normalized spacial score (nSPS) is 18.4. The van der Waals surface area contributed by atoms with Gasteiger partial charge >= 0.3 is 5.69 Å². The zero-order valence-corrected chi connectivity index (χ0v) is 16.7. The summed E-state index contributed by atoms with van der Waals surface area (Å²) in [6.45, 7) is 1.71. The number of nitrogens with one attached hydrogen (secondary N) is 1. The molecule has 2 aromatic rings. The molecule has 0 saturated carbocycles. The average Bonchev–Trinajstić information content (AvgIpc) is 3.07. The summed E-state index contributed by atoms with van der Waals surface area (Å²) in [6.07, 6.45) is -0.161. The lowest BCUT2D eigenvalue weighted by molar-refractivity contribution is -0.133. The highest BCUT2D eigenvalue weighted by Crippen LogP contribution is 2.31. The lowest BCUT2D eigenvalue weighted by Gasteiger charge is -2.36. The number of para-hydroxylation sites is 1. The summed E-state index contributed by atoms with van der Waals surface area (Å²) >= 11 is 0. The molecule has 30 heavy (non-hydrogen) atoms. The van der Waals surface area contributed by atoms with Crippen LogP contribution in [0.4, 0.5) is 15.9 Å². The molecule has 0 radical (unpaired) electrons. The fourth-order valence-electron chi connectivity index (χ4n) is 4.07. The summed E-state index contributed by atoms with van der Waals surface area (Å²) < 4.78 is 16.1. The van der Waals surface area contributed by atoms with Gasteiger partial charge < -0.3 is 15.1 Å². The molecular weight excluding hydrogens is 393 g/mol. The van der Waals surface area contributed by atoms with Crippen LogP contribution in [0.25, 0.3) is 0 Å². The van der Waals surface area contributed by atoms with Crippen LogP contribution >= 0.6 is 0 Å². The number of fused-ring (bicyclic) bond motifs is 1. The van der Waals surface area contributed by atoms with Crippen LogP contribution in [0, 0.1) is 5.82 Å². The second-order valence-electron chi connectivity index (χ2n) is 7.53. The first-order valence-corrected chi connectivity index (χ1v) is 9.67. The predicted molar refractivity (Wildman–Crippen MR) is 108 cm³/mol. The molecule has 0 spiro atoms. The van der Waals surface area contributed by atoms with E-state index >= 15 is 0 Å². The average molecular weight is 415 g/mol. The third-order valence-electron chi connectivity index (χ3n) is 5.81. The van der Waals surface area contributed by atoms with Crippen molar-refractivity contribution in [2.75, 3.05) is 36.4 Å². The van der Waals surface area contributed by atoms with Crippen LogP contribution in [-0.4, -0.2) is 52.0 Å². The molecule has 1 aromatic heterocycles. The first kappa shape index (κ1) is 19.9. The minimum absolute atomic E-state index is 0.142. The van der Waals surface area contributed by atoms with Gasteiger partial charge in [-0.3, -0.25) is 23.5 Å². The molecule has 1 aromatic carbocycles. The Hall–Kier alpha value is -3.43. The molecule has 9 nitrogen and oxygen atoms in total. The van der Waals surface area contributed by atoms with Gasteiger partial charge in [-0.1, -0.05) is 12.1 Å². The highest BCUT2D eigenvalue weighted by molar-refractivity contribution is 6.04. The Balaban J connectivity index is 1.49. The molecule has 1 atom stereocenters. The standard InChI is InChI=1S/C20H22FN5O4/c1-23-17-16(19(29)24(2)20(23)30)12(18(28)22-17)11-15(27)26-9-7-25(8-10-26)14-6-4-3-5-13(14)21/h3-6,12H,7-11H2,1-2H3,(H,22,28)/t12-/m1/s1. The Morgan fingerprint density at radius 2 is 1.73 bits per heavy atom. The lowest BCUT2D eigenvalue weighted by atomic mass is 9.98. The van der Waals surface area contributed by atoms with Gasteiger partial charge in [0.2, 0.25) is 11.8 Å². The molecule has 1 saturated heterocycles. The maximum Gasteiger partial charge on any atom is 0.332 e. The van der Waals surface area contributed by atoms with E-state index in [0.717, 1.165) is 4.57 Å². The second kappa shape index (κ2) is 7.43. The summed E-state index contributed by atoms with van der Waals surface area (Å²) in [4.78, 5) is 53.4. The van der Waals surface area contributed by atoms with Gasteiger partial charge in [0.15, 0.2) is 0 Å². The molecule has 2 amide bonds. The van der Waals surface area contributed by atoms with Crippen LogP contribution in [0.5, 0.6) is 0 Å². The summed E-state index contributed by atoms with van der Waals surface area (Å²) in [5, 5.41) is 2.56. The van der Waals surface area contributed by atoms with Crippen LogP contribution < -0.4 is 21.5 Å². The zero-order chi connectivity index (χ0) is 21.6. The first-order valence-electron chi connectivity index (χ1n) is 9.67. The van der Waals surface area contributed by atoms with Crippen LogP contribution in [-0.2, 0) is 23.7 Å². The molecule has 3 heterocycles. The number of carbonyl (C=O) groups excluding carboxylic acids is 2. The molecule has 0 unspecified atom stereocenters. The molecule has 4 rings (SSSR count). The van der Waals surface area contributed by atoms with E-state index in [9.17, 15) is 23.6 Å². The molecule has 1 fully saturated rings. The lowest BCUT2D eigenvalue weighted by Crippen LogP contribution is -2.49. The van der Waals surface area contributed by atoms with Crippen LogP contribution in [0.2, 0.25) is 0 Å². The van der Waals surface area contributed by atoms with E-state index in [2.05, 4.69) is 5.32 Å². The van der Waals surface area contributed by atoms with Crippen molar-refractivity contribution in [2.45, 2.75) is 12.3 Å². The van der Waals surface area contributed by atoms with Gasteiger partial charge in [0.1, 0.15) is 11.6 Å². The molecule has 10 heteroatoms. The van der Waals surface area contributed by atoms with E-state index < -0.39 is 23.1 Å². The number of benzene rings is 1. The number of aromatic nitrogens is 2. The highest BCUT2D eigenvalue weighted by atomic mass is 19.1. The van der Waals surface area contributed by atoms with Gasteiger partial charge in [0.05, 0.1) is 17.2 Å². The van der Waals surface area contributed by atoms with Crippen molar-refractivity contribution >= 4 is 23.3 Å². The van der Waals surface area contributed by atoms with Gasteiger partial charge in [-0.05, 0) is 12.1 Å². The van der Waals surface area contributed by atoms with E-state index in [0.29, 0.717) is 31.9 Å². The SMILES string of the molecule is Cn1c2c(c(=O)n(C)c1=O)[C@@H](CC(=O)N1CCN(c3ccccc3F)CC1)C(=O)N2. The summed E-state index contributed by atoms with van der Waals surface area (Å²) in [7, 11) is 2.81. The summed E-state index contributed by atoms with van der Waals surface area (Å²) in [6, 6.07) is 6.49. The number of hydrogen-bond donors (Lipinski definition) is 1. The largest absolute Gasteiger partial charge is 0.366 e. The van der Waals surface area contributed by atoms with Crippen molar-refractivity contribution in [3.63, 3.8) is 0 Å². The van der Waals surface area contributed by atoms with Crippen LogP contribution in [0.1, 0.15) is 17.9 Å². The number of rotatable bonds is 3. The molecule has 0 aliphatic carbocycles. The molecule has 0 bridgehead atoms. The molecule has 158 valence electrons. The minimum Gasteiger partial charge on any atom is -0.366 e. The van der Waals surface area contributed by atoms with E-state index in [1.165, 1.54) is 24.7 Å². The van der Waals surface area contributed by atoms with Gasteiger partial charge in [0.25, 0.3) is 5.56 Å². The Bertz CT molecular complexity index is 1150. The van der Waals surface area contributed by atoms with Crippen molar-refractivity contribution in [1.82, 2.24) is 14.0 Å². The Labute approximate surface area is 171 Å². The number of amides is 2. The van der Waals surface area contributed by atoms with E-state index in [1.807, 2.05) is 4.90 Å². The number of carbonyl (C=O) groups is 2. The topological polar surface area (TPSA) is 96.7 Å². The van der Waals surface area contributed by atoms with Crippen molar-refractivity contribution in [2.24, 2.45) is 14.1 Å². The van der Waals surface area contributed by atoms with Gasteiger partial charge in [-0.25, -0.2) is 9.18 Å². The molecule has 1 N–H and O–H groups in total. The predicted octanol–water partition coefficient (Wildman–Crippen LogP) is -0.00230. The number of piperazine rings is 1. The van der Waals surface area contributed by atoms with Crippen molar-refractivity contribution in [1.29, 1.82) is 0 Å².